The Morgan fingerprint density at radius 3 is 2.52 bits per heavy atom. The van der Waals surface area contributed by atoms with E-state index in [0.29, 0.717) is 17.5 Å². The van der Waals surface area contributed by atoms with Gasteiger partial charge in [0.25, 0.3) is 0 Å². The minimum absolute atomic E-state index is 0.564. The number of hydrogen-bond donors (Lipinski definition) is 1. The van der Waals surface area contributed by atoms with Gasteiger partial charge in [-0.2, -0.15) is 0 Å². The van der Waals surface area contributed by atoms with E-state index in [9.17, 15) is 0 Å². The quantitative estimate of drug-likeness (QED) is 0.567. The van der Waals surface area contributed by atoms with Crippen LogP contribution in [0.1, 0.15) is 5.69 Å². The van der Waals surface area contributed by atoms with Crippen molar-refractivity contribution >= 4 is 28.5 Å². The second kappa shape index (κ2) is 6.87. The lowest BCUT2D eigenvalue weighted by Crippen LogP contribution is -2.06. The van der Waals surface area contributed by atoms with E-state index in [1.807, 2.05) is 66.7 Å². The van der Waals surface area contributed by atoms with Crippen molar-refractivity contribution in [2.24, 2.45) is 0 Å². The summed E-state index contributed by atoms with van der Waals surface area (Å²) in [5.74, 6) is 0.569. The summed E-state index contributed by atoms with van der Waals surface area (Å²) in [6, 6.07) is 21.5. The van der Waals surface area contributed by atoms with Crippen molar-refractivity contribution in [3.63, 3.8) is 0 Å². The molecule has 0 fully saturated rings. The molecule has 2 heterocycles. The van der Waals surface area contributed by atoms with Crippen LogP contribution < -0.4 is 5.32 Å². The van der Waals surface area contributed by atoms with Gasteiger partial charge in [-0.1, -0.05) is 48.0 Å². The Morgan fingerprint density at radius 2 is 1.72 bits per heavy atom. The number of rotatable bonds is 4. The largest absolute Gasteiger partial charge is 0.349 e. The zero-order chi connectivity index (χ0) is 17.1. The van der Waals surface area contributed by atoms with Crippen LogP contribution in [0.4, 0.5) is 5.95 Å². The van der Waals surface area contributed by atoms with E-state index in [1.165, 1.54) is 0 Å². The van der Waals surface area contributed by atoms with E-state index >= 15 is 0 Å². The van der Waals surface area contributed by atoms with Crippen molar-refractivity contribution in [3.8, 4) is 11.3 Å². The second-order valence-corrected chi connectivity index (χ2v) is 6.03. The number of pyridine rings is 1. The van der Waals surface area contributed by atoms with Crippen LogP contribution in [-0.2, 0) is 6.54 Å². The topological polar surface area (TPSA) is 50.7 Å². The van der Waals surface area contributed by atoms with E-state index in [4.69, 9.17) is 16.6 Å². The maximum atomic E-state index is 6.18. The molecule has 0 amide bonds. The molecule has 0 aliphatic rings. The lowest BCUT2D eigenvalue weighted by Gasteiger charge is -2.10. The van der Waals surface area contributed by atoms with Crippen molar-refractivity contribution in [1.82, 2.24) is 15.0 Å². The van der Waals surface area contributed by atoms with Gasteiger partial charge >= 0.3 is 0 Å². The fourth-order valence-electron chi connectivity index (χ4n) is 2.67. The molecule has 25 heavy (non-hydrogen) atoms. The van der Waals surface area contributed by atoms with E-state index in [0.717, 1.165) is 27.9 Å². The van der Waals surface area contributed by atoms with Crippen molar-refractivity contribution in [1.29, 1.82) is 0 Å². The van der Waals surface area contributed by atoms with Crippen LogP contribution >= 0.6 is 11.6 Å². The average Bonchev–Trinajstić information content (AvgIpc) is 2.67. The van der Waals surface area contributed by atoms with Gasteiger partial charge in [-0.3, -0.25) is 4.98 Å². The van der Waals surface area contributed by atoms with Gasteiger partial charge in [0.2, 0.25) is 5.95 Å². The second-order valence-electron chi connectivity index (χ2n) is 5.60. The van der Waals surface area contributed by atoms with Gasteiger partial charge in [0, 0.05) is 22.2 Å². The molecule has 0 bridgehead atoms. The molecule has 0 saturated carbocycles. The Kier molecular flexibility index (Phi) is 4.27. The molecule has 0 radical (unpaired) electrons. The van der Waals surface area contributed by atoms with Crippen molar-refractivity contribution in [2.75, 3.05) is 5.32 Å². The smallest absolute Gasteiger partial charge is 0.224 e. The van der Waals surface area contributed by atoms with Gasteiger partial charge < -0.3 is 5.32 Å². The molecule has 4 nitrogen and oxygen atoms in total. The van der Waals surface area contributed by atoms with Crippen LogP contribution in [0.2, 0.25) is 5.02 Å². The first kappa shape index (κ1) is 15.5. The molecule has 4 aromatic rings. The normalized spacial score (nSPS) is 10.8. The van der Waals surface area contributed by atoms with Crippen molar-refractivity contribution in [3.05, 3.63) is 83.6 Å². The third-order valence-electron chi connectivity index (χ3n) is 3.86. The summed E-state index contributed by atoms with van der Waals surface area (Å²) in [4.78, 5) is 13.6. The van der Waals surface area contributed by atoms with Crippen LogP contribution in [0.15, 0.2) is 72.9 Å². The van der Waals surface area contributed by atoms with Crippen molar-refractivity contribution in [2.45, 2.75) is 6.54 Å². The number of fused-ring (bicyclic) bond motifs is 1. The summed E-state index contributed by atoms with van der Waals surface area (Å²) in [5, 5.41) is 4.86. The van der Waals surface area contributed by atoms with Crippen LogP contribution in [0.5, 0.6) is 0 Å². The minimum atomic E-state index is 0.564. The third-order valence-corrected chi connectivity index (χ3v) is 4.09. The fourth-order valence-corrected chi connectivity index (χ4v) is 2.84. The maximum Gasteiger partial charge on any atom is 0.224 e. The van der Waals surface area contributed by atoms with E-state index in [1.54, 1.807) is 6.20 Å². The number of benzene rings is 2. The van der Waals surface area contributed by atoms with Gasteiger partial charge in [-0.05, 0) is 30.3 Å². The highest BCUT2D eigenvalue weighted by Crippen LogP contribution is 2.29. The Morgan fingerprint density at radius 1 is 0.880 bits per heavy atom. The van der Waals surface area contributed by atoms with Gasteiger partial charge in [0.15, 0.2) is 0 Å². The Labute approximate surface area is 150 Å². The summed E-state index contributed by atoms with van der Waals surface area (Å²) in [6.45, 7) is 0.564. The highest BCUT2D eigenvalue weighted by Gasteiger charge is 2.10. The Balaban J connectivity index is 1.77. The highest BCUT2D eigenvalue weighted by atomic mass is 35.5. The standard InChI is InChI=1S/C20H15ClN4/c21-15-9-10-18-17(12-15)19(14-6-2-1-3-7-14)25-20(24-18)23-13-16-8-4-5-11-22-16/h1-12H,13H2,(H,23,24,25). The van der Waals surface area contributed by atoms with Crippen LogP contribution in [-0.4, -0.2) is 15.0 Å². The Hall–Kier alpha value is -2.98. The minimum Gasteiger partial charge on any atom is -0.349 e. The molecule has 1 N–H and O–H groups in total. The van der Waals surface area contributed by atoms with Gasteiger partial charge in [-0.15, -0.1) is 0 Å². The molecule has 2 aromatic carbocycles. The number of hydrogen-bond acceptors (Lipinski definition) is 4. The summed E-state index contributed by atoms with van der Waals surface area (Å²) in [5.41, 5.74) is 3.67. The fraction of sp³-hybridized carbons (Fsp3) is 0.0500. The van der Waals surface area contributed by atoms with Crippen LogP contribution in [0, 0.1) is 0 Å². The predicted octanol–water partition coefficient (Wildman–Crippen LogP) is 4.96. The van der Waals surface area contributed by atoms with E-state index in [2.05, 4.69) is 15.3 Å². The molecule has 4 rings (SSSR count). The first-order valence-corrected chi connectivity index (χ1v) is 8.34. The molecular weight excluding hydrogens is 332 g/mol. The molecule has 0 spiro atoms. The summed E-state index contributed by atoms with van der Waals surface area (Å²) in [6.07, 6.45) is 1.77. The van der Waals surface area contributed by atoms with E-state index in [-0.39, 0.29) is 0 Å². The van der Waals surface area contributed by atoms with Gasteiger partial charge in [0.1, 0.15) is 0 Å². The number of halogens is 1. The lowest BCUT2D eigenvalue weighted by atomic mass is 10.1. The molecule has 0 aliphatic carbocycles. The third kappa shape index (κ3) is 3.44. The predicted molar refractivity (Wildman–Crippen MR) is 102 cm³/mol. The molecule has 5 heteroatoms. The number of nitrogens with zero attached hydrogens (tertiary/aromatic N) is 3. The summed E-state index contributed by atoms with van der Waals surface area (Å²) < 4.78 is 0. The molecule has 0 aliphatic heterocycles. The summed E-state index contributed by atoms with van der Waals surface area (Å²) in [7, 11) is 0. The van der Waals surface area contributed by atoms with Crippen LogP contribution in [0.25, 0.3) is 22.2 Å². The van der Waals surface area contributed by atoms with Gasteiger partial charge in [0.05, 0.1) is 23.4 Å². The molecule has 0 atom stereocenters. The van der Waals surface area contributed by atoms with Crippen molar-refractivity contribution < 1.29 is 0 Å². The lowest BCUT2D eigenvalue weighted by molar-refractivity contribution is 1.01. The number of aromatic nitrogens is 3. The summed E-state index contributed by atoms with van der Waals surface area (Å²) >= 11 is 6.18. The first-order valence-electron chi connectivity index (χ1n) is 7.96. The van der Waals surface area contributed by atoms with E-state index < -0.39 is 0 Å². The molecular formula is C20H15ClN4. The zero-order valence-electron chi connectivity index (χ0n) is 13.4. The molecule has 2 aromatic heterocycles. The van der Waals surface area contributed by atoms with Gasteiger partial charge in [-0.25, -0.2) is 9.97 Å². The molecule has 0 saturated heterocycles. The molecule has 0 unspecified atom stereocenters. The maximum absolute atomic E-state index is 6.18. The Bertz CT molecular complexity index is 1000. The number of nitrogens with one attached hydrogen (secondary N) is 1. The highest BCUT2D eigenvalue weighted by molar-refractivity contribution is 6.31. The SMILES string of the molecule is Clc1ccc2nc(NCc3ccccn3)nc(-c3ccccc3)c2c1. The molecule has 122 valence electrons. The van der Waals surface area contributed by atoms with Crippen LogP contribution in [0.3, 0.4) is 0 Å². The first-order chi connectivity index (χ1) is 12.3. The monoisotopic (exact) mass is 346 g/mol. The average molecular weight is 347 g/mol. The zero-order valence-corrected chi connectivity index (χ0v) is 14.1. The number of anilines is 1.